The van der Waals surface area contributed by atoms with Crippen LogP contribution in [-0.2, 0) is 4.79 Å². The number of halogens is 1. The van der Waals surface area contributed by atoms with E-state index in [4.69, 9.17) is 16.3 Å². The smallest absolute Gasteiger partial charge is 0.260 e. The van der Waals surface area contributed by atoms with Gasteiger partial charge in [0.15, 0.2) is 6.10 Å². The molecule has 3 nitrogen and oxygen atoms in total. The number of ether oxygens (including phenoxy) is 1. The molecule has 1 aromatic carbocycles. The largest absolute Gasteiger partial charge is 0.481 e. The summed E-state index contributed by atoms with van der Waals surface area (Å²) < 4.78 is 5.82. The SMILES string of the molecule is Cc1cc(Cl)ccc1O[C@H](C)C(=O)N[C@@H](C)[C@H]1C[C@H]2CC[C@H]1C2. The lowest BCUT2D eigenvalue weighted by Crippen LogP contribution is -2.45. The Bertz CT molecular complexity index is 589. The van der Waals surface area contributed by atoms with Crippen molar-refractivity contribution in [3.05, 3.63) is 28.8 Å². The Hall–Kier alpha value is -1.22. The zero-order valence-electron chi connectivity index (χ0n) is 14.1. The van der Waals surface area contributed by atoms with E-state index in [1.54, 1.807) is 13.0 Å². The molecule has 5 atom stereocenters. The van der Waals surface area contributed by atoms with Gasteiger partial charge in [0.1, 0.15) is 5.75 Å². The van der Waals surface area contributed by atoms with E-state index in [9.17, 15) is 4.79 Å². The number of aryl methyl sites for hydroxylation is 1. The number of fused-ring (bicyclic) bond motifs is 2. The Morgan fingerprint density at radius 3 is 2.70 bits per heavy atom. The van der Waals surface area contributed by atoms with Crippen LogP contribution in [-0.4, -0.2) is 18.1 Å². The van der Waals surface area contributed by atoms with E-state index in [1.807, 2.05) is 19.1 Å². The van der Waals surface area contributed by atoms with E-state index in [0.717, 1.165) is 17.4 Å². The van der Waals surface area contributed by atoms with Crippen LogP contribution in [0.3, 0.4) is 0 Å². The Balaban J connectivity index is 1.55. The molecule has 23 heavy (non-hydrogen) atoms. The van der Waals surface area contributed by atoms with Crippen molar-refractivity contribution in [2.24, 2.45) is 17.8 Å². The van der Waals surface area contributed by atoms with E-state index in [2.05, 4.69) is 12.2 Å². The summed E-state index contributed by atoms with van der Waals surface area (Å²) in [6.45, 7) is 5.88. The molecule has 4 heteroatoms. The minimum atomic E-state index is -0.504. The summed E-state index contributed by atoms with van der Waals surface area (Å²) >= 11 is 5.95. The van der Waals surface area contributed by atoms with Gasteiger partial charge in [-0.3, -0.25) is 4.79 Å². The number of hydrogen-bond acceptors (Lipinski definition) is 2. The number of carbonyl (C=O) groups is 1. The zero-order valence-corrected chi connectivity index (χ0v) is 14.9. The molecule has 126 valence electrons. The third-order valence-electron chi connectivity index (χ3n) is 5.61. The van der Waals surface area contributed by atoms with E-state index in [0.29, 0.717) is 16.7 Å². The van der Waals surface area contributed by atoms with Crippen molar-refractivity contribution in [2.45, 2.75) is 58.6 Å². The fraction of sp³-hybridized carbons (Fsp3) is 0.632. The van der Waals surface area contributed by atoms with E-state index >= 15 is 0 Å². The van der Waals surface area contributed by atoms with Gasteiger partial charge in [0, 0.05) is 11.1 Å². The summed E-state index contributed by atoms with van der Waals surface area (Å²) in [4.78, 5) is 12.4. The van der Waals surface area contributed by atoms with Crippen LogP contribution in [0.4, 0.5) is 0 Å². The van der Waals surface area contributed by atoms with Gasteiger partial charge in [-0.05, 0) is 81.5 Å². The van der Waals surface area contributed by atoms with Gasteiger partial charge < -0.3 is 10.1 Å². The van der Waals surface area contributed by atoms with Gasteiger partial charge in [-0.25, -0.2) is 0 Å². The summed E-state index contributed by atoms with van der Waals surface area (Å²) in [6, 6.07) is 5.68. The van der Waals surface area contributed by atoms with Crippen LogP contribution in [0.5, 0.6) is 5.75 Å². The Labute approximate surface area is 143 Å². The van der Waals surface area contributed by atoms with Gasteiger partial charge in [0.05, 0.1) is 0 Å². The van der Waals surface area contributed by atoms with Crippen LogP contribution in [0.1, 0.15) is 45.1 Å². The highest BCUT2D eigenvalue weighted by Crippen LogP contribution is 2.49. The molecule has 2 fully saturated rings. The minimum absolute atomic E-state index is 0.0328. The summed E-state index contributed by atoms with van der Waals surface area (Å²) in [5.74, 6) is 3.03. The first-order valence-corrected chi connectivity index (χ1v) is 9.05. The number of nitrogens with one attached hydrogen (secondary N) is 1. The van der Waals surface area contributed by atoms with E-state index < -0.39 is 6.10 Å². The molecule has 2 bridgehead atoms. The molecule has 0 unspecified atom stereocenters. The lowest BCUT2D eigenvalue weighted by atomic mass is 9.84. The van der Waals surface area contributed by atoms with Crippen LogP contribution in [0.25, 0.3) is 0 Å². The average Bonchev–Trinajstić information content (AvgIpc) is 3.12. The molecule has 0 aromatic heterocycles. The van der Waals surface area contributed by atoms with Crippen LogP contribution < -0.4 is 10.1 Å². The first kappa shape index (κ1) is 16.6. The molecule has 0 heterocycles. The second-order valence-corrected chi connectivity index (χ2v) is 7.74. The van der Waals surface area contributed by atoms with E-state index in [-0.39, 0.29) is 11.9 Å². The summed E-state index contributed by atoms with van der Waals surface area (Å²) in [7, 11) is 0. The van der Waals surface area contributed by atoms with Gasteiger partial charge in [0.2, 0.25) is 0 Å². The lowest BCUT2D eigenvalue weighted by molar-refractivity contribution is -0.128. The van der Waals surface area contributed by atoms with Crippen molar-refractivity contribution in [3.63, 3.8) is 0 Å². The van der Waals surface area contributed by atoms with Crippen LogP contribution in [0.2, 0.25) is 5.02 Å². The monoisotopic (exact) mass is 335 g/mol. The molecule has 2 aliphatic rings. The van der Waals surface area contributed by atoms with Crippen molar-refractivity contribution >= 4 is 17.5 Å². The maximum absolute atomic E-state index is 12.4. The molecule has 1 aromatic rings. The van der Waals surface area contributed by atoms with E-state index in [1.165, 1.54) is 25.7 Å². The lowest BCUT2D eigenvalue weighted by Gasteiger charge is -2.29. The van der Waals surface area contributed by atoms with Gasteiger partial charge in [-0.2, -0.15) is 0 Å². The van der Waals surface area contributed by atoms with Crippen molar-refractivity contribution in [1.29, 1.82) is 0 Å². The standard InChI is InChI=1S/C19H26ClNO2/c1-11-8-16(20)6-7-18(11)23-13(3)19(22)21-12(2)17-10-14-4-5-15(17)9-14/h6-8,12-15,17H,4-5,9-10H2,1-3H3,(H,21,22)/t12-,13+,14-,15-,17+/m0/s1. The summed E-state index contributed by atoms with van der Waals surface area (Å²) in [5, 5.41) is 3.85. The highest BCUT2D eigenvalue weighted by atomic mass is 35.5. The predicted octanol–water partition coefficient (Wildman–Crippen LogP) is 4.36. The molecule has 2 saturated carbocycles. The third-order valence-corrected chi connectivity index (χ3v) is 5.85. The second-order valence-electron chi connectivity index (χ2n) is 7.31. The number of hydrogen-bond donors (Lipinski definition) is 1. The van der Waals surface area contributed by atoms with Gasteiger partial charge in [-0.15, -0.1) is 0 Å². The first-order valence-electron chi connectivity index (χ1n) is 8.67. The summed E-state index contributed by atoms with van der Waals surface area (Å²) in [5.41, 5.74) is 0.943. The number of benzene rings is 1. The molecular formula is C19H26ClNO2. The Morgan fingerprint density at radius 2 is 2.09 bits per heavy atom. The van der Waals surface area contributed by atoms with Crippen LogP contribution >= 0.6 is 11.6 Å². The molecule has 0 radical (unpaired) electrons. The van der Waals surface area contributed by atoms with Crippen molar-refractivity contribution in [1.82, 2.24) is 5.32 Å². The van der Waals surface area contributed by atoms with Crippen molar-refractivity contribution in [3.8, 4) is 5.75 Å². The number of rotatable bonds is 5. The number of carbonyl (C=O) groups excluding carboxylic acids is 1. The van der Waals surface area contributed by atoms with Crippen molar-refractivity contribution < 1.29 is 9.53 Å². The molecule has 0 saturated heterocycles. The molecule has 0 aliphatic heterocycles. The van der Waals surface area contributed by atoms with Gasteiger partial charge >= 0.3 is 0 Å². The molecule has 3 rings (SSSR count). The van der Waals surface area contributed by atoms with Crippen LogP contribution in [0.15, 0.2) is 18.2 Å². The van der Waals surface area contributed by atoms with Crippen LogP contribution in [0, 0.1) is 24.7 Å². The molecule has 0 spiro atoms. The topological polar surface area (TPSA) is 38.3 Å². The second kappa shape index (κ2) is 6.72. The van der Waals surface area contributed by atoms with Gasteiger partial charge in [0.25, 0.3) is 5.91 Å². The number of amides is 1. The Kier molecular flexibility index (Phi) is 4.86. The van der Waals surface area contributed by atoms with Gasteiger partial charge in [-0.1, -0.05) is 18.0 Å². The quantitative estimate of drug-likeness (QED) is 0.868. The molecular weight excluding hydrogens is 310 g/mol. The molecule has 1 N–H and O–H groups in total. The fourth-order valence-corrected chi connectivity index (χ4v) is 4.57. The normalized spacial score (nSPS) is 28.4. The summed E-state index contributed by atoms with van der Waals surface area (Å²) in [6.07, 6.45) is 4.86. The average molecular weight is 336 g/mol. The maximum Gasteiger partial charge on any atom is 0.260 e. The van der Waals surface area contributed by atoms with Crippen molar-refractivity contribution in [2.75, 3.05) is 0 Å². The fourth-order valence-electron chi connectivity index (χ4n) is 4.34. The molecule has 2 aliphatic carbocycles. The highest BCUT2D eigenvalue weighted by molar-refractivity contribution is 6.30. The third kappa shape index (κ3) is 3.65. The minimum Gasteiger partial charge on any atom is -0.481 e. The highest BCUT2D eigenvalue weighted by Gasteiger charge is 2.42. The first-order chi connectivity index (χ1) is 10.9. The maximum atomic E-state index is 12.4. The Morgan fingerprint density at radius 1 is 1.30 bits per heavy atom. The molecule has 1 amide bonds. The predicted molar refractivity (Wildman–Crippen MR) is 92.8 cm³/mol. The zero-order chi connectivity index (χ0) is 16.6.